The van der Waals surface area contributed by atoms with Crippen molar-refractivity contribution in [3.05, 3.63) is 33.9 Å². The van der Waals surface area contributed by atoms with Crippen LogP contribution in [0.3, 0.4) is 0 Å². The van der Waals surface area contributed by atoms with E-state index in [1.807, 2.05) is 13.8 Å². The number of benzene rings is 1. The lowest BCUT2D eigenvalue weighted by molar-refractivity contribution is -0.384. The summed E-state index contributed by atoms with van der Waals surface area (Å²) in [5.74, 6) is -0.353. The standard InChI is InChI=1S/C14H19N3O4/c1-9-14(2,6-7-21-9)16-11-5-4-10(13(18)15-3)8-12(11)17(19)20/h4-5,8-9,16H,6-7H2,1-3H3,(H,15,18). The first-order chi connectivity index (χ1) is 9.87. The molecule has 1 aromatic rings. The molecule has 21 heavy (non-hydrogen) atoms. The molecule has 114 valence electrons. The van der Waals surface area contributed by atoms with Crippen LogP contribution in [0.4, 0.5) is 11.4 Å². The van der Waals surface area contributed by atoms with Gasteiger partial charge in [-0.3, -0.25) is 14.9 Å². The first-order valence-electron chi connectivity index (χ1n) is 6.77. The molecule has 0 saturated carbocycles. The van der Waals surface area contributed by atoms with Crippen LogP contribution in [-0.4, -0.2) is 36.1 Å². The second-order valence-corrected chi connectivity index (χ2v) is 5.37. The monoisotopic (exact) mass is 293 g/mol. The lowest BCUT2D eigenvalue weighted by Gasteiger charge is -2.29. The number of amides is 1. The molecule has 1 aromatic carbocycles. The van der Waals surface area contributed by atoms with E-state index in [4.69, 9.17) is 4.74 Å². The second-order valence-electron chi connectivity index (χ2n) is 5.37. The number of hydrogen-bond donors (Lipinski definition) is 2. The highest BCUT2D eigenvalue weighted by Crippen LogP contribution is 2.34. The van der Waals surface area contributed by atoms with E-state index in [-0.39, 0.29) is 28.8 Å². The van der Waals surface area contributed by atoms with Gasteiger partial charge in [-0.15, -0.1) is 0 Å². The van der Waals surface area contributed by atoms with Gasteiger partial charge in [0.15, 0.2) is 0 Å². The molecule has 2 atom stereocenters. The van der Waals surface area contributed by atoms with Gasteiger partial charge in [0.1, 0.15) is 5.69 Å². The largest absolute Gasteiger partial charge is 0.376 e. The topological polar surface area (TPSA) is 93.5 Å². The van der Waals surface area contributed by atoms with Crippen molar-refractivity contribution in [1.82, 2.24) is 5.32 Å². The van der Waals surface area contributed by atoms with Gasteiger partial charge in [-0.2, -0.15) is 0 Å². The Hall–Kier alpha value is -2.15. The molecular weight excluding hydrogens is 274 g/mol. The van der Waals surface area contributed by atoms with Gasteiger partial charge in [-0.25, -0.2) is 0 Å². The summed E-state index contributed by atoms with van der Waals surface area (Å²) in [7, 11) is 1.49. The van der Waals surface area contributed by atoms with Crippen molar-refractivity contribution in [2.45, 2.75) is 31.9 Å². The van der Waals surface area contributed by atoms with Crippen LogP contribution in [0.2, 0.25) is 0 Å². The molecular formula is C14H19N3O4. The third-order valence-electron chi connectivity index (χ3n) is 3.99. The molecule has 7 nitrogen and oxygen atoms in total. The highest BCUT2D eigenvalue weighted by Gasteiger charge is 2.38. The molecule has 1 saturated heterocycles. The minimum absolute atomic E-state index is 0.0456. The molecule has 1 amide bonds. The average molecular weight is 293 g/mol. The SMILES string of the molecule is CNC(=O)c1ccc(NC2(C)CCOC2C)c([N+](=O)[O-])c1. The van der Waals surface area contributed by atoms with E-state index in [0.717, 1.165) is 6.42 Å². The van der Waals surface area contributed by atoms with Crippen LogP contribution in [0.1, 0.15) is 30.6 Å². The smallest absolute Gasteiger partial charge is 0.293 e. The molecule has 2 N–H and O–H groups in total. The molecule has 1 aliphatic heterocycles. The predicted octanol–water partition coefficient (Wildman–Crippen LogP) is 1.93. The maximum Gasteiger partial charge on any atom is 0.293 e. The van der Waals surface area contributed by atoms with Gasteiger partial charge < -0.3 is 15.4 Å². The number of nitro benzene ring substituents is 1. The van der Waals surface area contributed by atoms with Crippen molar-refractivity contribution in [1.29, 1.82) is 0 Å². The van der Waals surface area contributed by atoms with E-state index in [9.17, 15) is 14.9 Å². The summed E-state index contributed by atoms with van der Waals surface area (Å²) in [6.07, 6.45) is 0.721. The molecule has 0 aliphatic carbocycles. The molecule has 7 heteroatoms. The van der Waals surface area contributed by atoms with Crippen LogP contribution in [0.15, 0.2) is 18.2 Å². The Bertz CT molecular complexity index is 575. The number of carbonyl (C=O) groups is 1. The third kappa shape index (κ3) is 2.97. The highest BCUT2D eigenvalue weighted by atomic mass is 16.6. The summed E-state index contributed by atoms with van der Waals surface area (Å²) in [6.45, 7) is 4.53. The Labute approximate surface area is 122 Å². The summed E-state index contributed by atoms with van der Waals surface area (Å²) in [5, 5.41) is 16.9. The average Bonchev–Trinajstić information content (AvgIpc) is 2.77. The zero-order valence-electron chi connectivity index (χ0n) is 12.3. The summed E-state index contributed by atoms with van der Waals surface area (Å²) >= 11 is 0. The summed E-state index contributed by atoms with van der Waals surface area (Å²) < 4.78 is 5.52. The van der Waals surface area contributed by atoms with E-state index >= 15 is 0 Å². The summed E-state index contributed by atoms with van der Waals surface area (Å²) in [4.78, 5) is 22.3. The van der Waals surface area contributed by atoms with Gasteiger partial charge in [0.2, 0.25) is 0 Å². The van der Waals surface area contributed by atoms with E-state index in [1.165, 1.54) is 13.1 Å². The molecule has 2 rings (SSSR count). The normalized spacial score (nSPS) is 24.6. The van der Waals surface area contributed by atoms with Crippen molar-refractivity contribution in [2.75, 3.05) is 19.0 Å². The molecule has 0 radical (unpaired) electrons. The molecule has 0 bridgehead atoms. The molecule has 2 unspecified atom stereocenters. The van der Waals surface area contributed by atoms with E-state index < -0.39 is 4.92 Å². The number of hydrogen-bond acceptors (Lipinski definition) is 5. The van der Waals surface area contributed by atoms with Gasteiger partial charge in [0.25, 0.3) is 11.6 Å². The highest BCUT2D eigenvalue weighted by molar-refractivity contribution is 5.95. The van der Waals surface area contributed by atoms with Gasteiger partial charge in [0, 0.05) is 25.3 Å². The zero-order valence-corrected chi connectivity index (χ0v) is 12.3. The fourth-order valence-electron chi connectivity index (χ4n) is 2.38. The Morgan fingerprint density at radius 2 is 2.24 bits per heavy atom. The number of nitrogens with zero attached hydrogens (tertiary/aromatic N) is 1. The van der Waals surface area contributed by atoms with Crippen LogP contribution in [0.5, 0.6) is 0 Å². The Morgan fingerprint density at radius 3 is 2.76 bits per heavy atom. The summed E-state index contributed by atoms with van der Waals surface area (Å²) in [6, 6.07) is 4.42. The van der Waals surface area contributed by atoms with E-state index in [2.05, 4.69) is 10.6 Å². The van der Waals surface area contributed by atoms with Crippen LogP contribution >= 0.6 is 0 Å². The second kappa shape index (κ2) is 5.69. The van der Waals surface area contributed by atoms with Crippen molar-refractivity contribution in [3.8, 4) is 0 Å². The van der Waals surface area contributed by atoms with Gasteiger partial charge in [-0.05, 0) is 32.4 Å². The lowest BCUT2D eigenvalue weighted by Crippen LogP contribution is -2.41. The first kappa shape index (κ1) is 15.2. The first-order valence-corrected chi connectivity index (χ1v) is 6.77. The molecule has 1 heterocycles. The van der Waals surface area contributed by atoms with Crippen molar-refractivity contribution in [2.24, 2.45) is 0 Å². The van der Waals surface area contributed by atoms with Crippen LogP contribution < -0.4 is 10.6 Å². The van der Waals surface area contributed by atoms with Gasteiger partial charge in [-0.1, -0.05) is 0 Å². The molecule has 1 aliphatic rings. The van der Waals surface area contributed by atoms with E-state index in [0.29, 0.717) is 12.3 Å². The number of carbonyl (C=O) groups excluding carboxylic acids is 1. The Kier molecular flexibility index (Phi) is 4.13. The number of nitrogens with one attached hydrogen (secondary N) is 2. The molecule has 0 aromatic heterocycles. The fraction of sp³-hybridized carbons (Fsp3) is 0.500. The van der Waals surface area contributed by atoms with Crippen molar-refractivity contribution >= 4 is 17.3 Å². The quantitative estimate of drug-likeness (QED) is 0.653. The minimum atomic E-state index is -0.487. The zero-order chi connectivity index (χ0) is 15.6. The third-order valence-corrected chi connectivity index (χ3v) is 3.99. The number of nitro groups is 1. The number of rotatable bonds is 4. The Balaban J connectivity index is 2.35. The maximum absolute atomic E-state index is 11.6. The maximum atomic E-state index is 11.6. The fourth-order valence-corrected chi connectivity index (χ4v) is 2.38. The minimum Gasteiger partial charge on any atom is -0.376 e. The summed E-state index contributed by atoms with van der Waals surface area (Å²) in [5.41, 5.74) is 0.179. The van der Waals surface area contributed by atoms with Gasteiger partial charge in [0.05, 0.1) is 16.6 Å². The predicted molar refractivity (Wildman–Crippen MR) is 78.5 cm³/mol. The van der Waals surface area contributed by atoms with Crippen molar-refractivity contribution in [3.63, 3.8) is 0 Å². The van der Waals surface area contributed by atoms with Gasteiger partial charge >= 0.3 is 0 Å². The number of ether oxygens (including phenoxy) is 1. The number of anilines is 1. The van der Waals surface area contributed by atoms with Crippen molar-refractivity contribution < 1.29 is 14.5 Å². The van der Waals surface area contributed by atoms with Crippen LogP contribution in [0, 0.1) is 10.1 Å². The lowest BCUT2D eigenvalue weighted by atomic mass is 9.94. The molecule has 1 fully saturated rings. The molecule has 0 spiro atoms. The van der Waals surface area contributed by atoms with Crippen LogP contribution in [0.25, 0.3) is 0 Å². The van der Waals surface area contributed by atoms with Crippen LogP contribution in [-0.2, 0) is 4.74 Å². The van der Waals surface area contributed by atoms with E-state index in [1.54, 1.807) is 12.1 Å². The Morgan fingerprint density at radius 1 is 1.52 bits per heavy atom.